The Balaban J connectivity index is 1.85. The summed E-state index contributed by atoms with van der Waals surface area (Å²) in [6.07, 6.45) is 3.36. The maximum atomic E-state index is 13.0. The summed E-state index contributed by atoms with van der Waals surface area (Å²) in [5.74, 6) is -0.987. The molecule has 1 fully saturated rings. The number of aromatic nitrogens is 1. The number of hydrogen-bond donors (Lipinski definition) is 2. The van der Waals surface area contributed by atoms with Gasteiger partial charge in [-0.1, -0.05) is 11.6 Å². The number of nitrogens with one attached hydrogen (secondary N) is 1. The number of nitrogens with zero attached hydrogens (tertiary/aromatic N) is 3. The summed E-state index contributed by atoms with van der Waals surface area (Å²) in [4.78, 5) is 33.1. The first kappa shape index (κ1) is 22.1. The summed E-state index contributed by atoms with van der Waals surface area (Å²) in [5.41, 5.74) is 1.16. The van der Waals surface area contributed by atoms with E-state index in [-0.39, 0.29) is 17.5 Å². The summed E-state index contributed by atoms with van der Waals surface area (Å²) >= 11 is 5.85. The van der Waals surface area contributed by atoms with Crippen LogP contribution < -0.4 is 10.2 Å². The van der Waals surface area contributed by atoms with Crippen molar-refractivity contribution in [1.82, 2.24) is 9.88 Å². The second-order valence-electron chi connectivity index (χ2n) is 7.82. The van der Waals surface area contributed by atoms with Gasteiger partial charge in [-0.15, -0.1) is 0 Å². The Morgan fingerprint density at radius 1 is 1.23 bits per heavy atom. The van der Waals surface area contributed by atoms with Crippen molar-refractivity contribution < 1.29 is 14.7 Å². The van der Waals surface area contributed by atoms with Gasteiger partial charge in [-0.3, -0.25) is 4.79 Å². The molecule has 1 aromatic heterocycles. The van der Waals surface area contributed by atoms with Gasteiger partial charge in [0.1, 0.15) is 5.82 Å². The molecule has 2 aromatic rings. The lowest BCUT2D eigenvalue weighted by molar-refractivity contribution is 0.0696. The third-order valence-electron chi connectivity index (χ3n) is 5.62. The number of carboxylic acid groups (broad SMARTS) is 1. The van der Waals surface area contributed by atoms with Crippen molar-refractivity contribution in [2.75, 3.05) is 30.4 Å². The Hall–Kier alpha value is -2.64. The molecule has 1 saturated heterocycles. The van der Waals surface area contributed by atoms with Crippen LogP contribution in [0.3, 0.4) is 0 Å². The molecule has 1 amide bonds. The highest BCUT2D eigenvalue weighted by atomic mass is 35.5. The van der Waals surface area contributed by atoms with Crippen molar-refractivity contribution in [2.24, 2.45) is 0 Å². The third kappa shape index (κ3) is 5.09. The van der Waals surface area contributed by atoms with Crippen molar-refractivity contribution in [2.45, 2.75) is 38.8 Å². The first-order chi connectivity index (χ1) is 14.3. The van der Waals surface area contributed by atoms with Crippen LogP contribution in [0.15, 0.2) is 36.5 Å². The summed E-state index contributed by atoms with van der Waals surface area (Å²) in [6, 6.07) is 8.57. The molecule has 0 atom stereocenters. The number of likely N-dealkylation sites (tertiary alicyclic amines) is 1. The number of carbonyl (C=O) groups is 2. The maximum absolute atomic E-state index is 13.0. The molecule has 0 radical (unpaired) electrons. The number of pyridine rings is 1. The first-order valence-corrected chi connectivity index (χ1v) is 10.4. The molecule has 0 bridgehead atoms. The molecule has 3 rings (SSSR count). The standard InChI is InChI=1S/C22H27ClN4O3/c1-14(2)27-10-8-17(9-11-27)26(3)19-12-15(22(29)30)4-6-18(19)21(28)25-20-7-5-16(23)13-24-20/h4-7,12-14,17H,8-11H2,1-3H3,(H,29,30)(H,24,25,28). The highest BCUT2D eigenvalue weighted by Gasteiger charge is 2.27. The highest BCUT2D eigenvalue weighted by molar-refractivity contribution is 6.30. The van der Waals surface area contributed by atoms with Gasteiger partial charge in [-0.05, 0) is 57.0 Å². The largest absolute Gasteiger partial charge is 0.478 e. The summed E-state index contributed by atoms with van der Waals surface area (Å²) in [6.45, 7) is 6.32. The lowest BCUT2D eigenvalue weighted by Gasteiger charge is -2.40. The number of aromatic carboxylic acids is 1. The number of carbonyl (C=O) groups excluding carboxylic acids is 1. The fourth-order valence-electron chi connectivity index (χ4n) is 3.77. The second kappa shape index (κ2) is 9.45. The normalized spacial score (nSPS) is 15.2. The number of rotatable bonds is 6. The fraction of sp³-hybridized carbons (Fsp3) is 0.409. The second-order valence-corrected chi connectivity index (χ2v) is 8.26. The van der Waals surface area contributed by atoms with E-state index in [2.05, 4.69) is 29.0 Å². The van der Waals surface area contributed by atoms with E-state index < -0.39 is 5.97 Å². The van der Waals surface area contributed by atoms with E-state index in [0.29, 0.717) is 28.1 Å². The van der Waals surface area contributed by atoms with Crippen molar-refractivity contribution in [3.05, 3.63) is 52.7 Å². The molecule has 1 aromatic carbocycles. The van der Waals surface area contributed by atoms with E-state index in [1.54, 1.807) is 24.3 Å². The number of hydrogen-bond acceptors (Lipinski definition) is 5. The summed E-state index contributed by atoms with van der Waals surface area (Å²) in [5, 5.41) is 12.7. The predicted molar refractivity (Wildman–Crippen MR) is 119 cm³/mol. The first-order valence-electron chi connectivity index (χ1n) is 10.0. The minimum Gasteiger partial charge on any atom is -0.478 e. The maximum Gasteiger partial charge on any atom is 0.335 e. The van der Waals surface area contributed by atoms with Gasteiger partial charge < -0.3 is 20.2 Å². The zero-order chi connectivity index (χ0) is 21.8. The lowest BCUT2D eigenvalue weighted by atomic mass is 9.99. The number of benzene rings is 1. The molecule has 30 heavy (non-hydrogen) atoms. The van der Waals surface area contributed by atoms with Gasteiger partial charge in [-0.2, -0.15) is 0 Å². The van der Waals surface area contributed by atoms with E-state index in [0.717, 1.165) is 25.9 Å². The van der Waals surface area contributed by atoms with E-state index in [1.165, 1.54) is 12.3 Å². The molecule has 0 unspecified atom stereocenters. The van der Waals surface area contributed by atoms with Crippen molar-refractivity contribution in [3.63, 3.8) is 0 Å². The number of anilines is 2. The number of halogens is 1. The lowest BCUT2D eigenvalue weighted by Crippen LogP contribution is -2.46. The monoisotopic (exact) mass is 430 g/mol. The van der Waals surface area contributed by atoms with Crippen LogP contribution in [-0.4, -0.2) is 59.1 Å². The molecule has 0 aliphatic carbocycles. The molecule has 160 valence electrons. The van der Waals surface area contributed by atoms with Gasteiger partial charge in [0.15, 0.2) is 0 Å². The Labute approximate surface area is 181 Å². The molecule has 0 spiro atoms. The predicted octanol–water partition coefficient (Wildman–Crippen LogP) is 3.99. The quantitative estimate of drug-likeness (QED) is 0.720. The molecular formula is C22H27ClN4O3. The Morgan fingerprint density at radius 2 is 1.93 bits per heavy atom. The van der Waals surface area contributed by atoms with Crippen LogP contribution in [0.4, 0.5) is 11.5 Å². The highest BCUT2D eigenvalue weighted by Crippen LogP contribution is 2.28. The average Bonchev–Trinajstić information content (AvgIpc) is 2.74. The Bertz CT molecular complexity index is 909. The van der Waals surface area contributed by atoms with E-state index in [1.807, 2.05) is 11.9 Å². The van der Waals surface area contributed by atoms with Crippen LogP contribution >= 0.6 is 11.6 Å². The van der Waals surface area contributed by atoms with Gasteiger partial charge in [0.25, 0.3) is 5.91 Å². The Kier molecular flexibility index (Phi) is 6.95. The molecule has 2 heterocycles. The zero-order valence-electron chi connectivity index (χ0n) is 17.4. The van der Waals surface area contributed by atoms with Gasteiger partial charge in [0.2, 0.25) is 0 Å². The van der Waals surface area contributed by atoms with Crippen LogP contribution in [-0.2, 0) is 0 Å². The molecule has 1 aliphatic heterocycles. The molecule has 8 heteroatoms. The SMILES string of the molecule is CC(C)N1CCC(N(C)c2cc(C(=O)O)ccc2C(=O)Nc2ccc(Cl)cn2)CC1. The Morgan fingerprint density at radius 3 is 2.50 bits per heavy atom. The fourth-order valence-corrected chi connectivity index (χ4v) is 3.88. The van der Waals surface area contributed by atoms with Gasteiger partial charge in [-0.25, -0.2) is 9.78 Å². The van der Waals surface area contributed by atoms with E-state index in [9.17, 15) is 14.7 Å². The van der Waals surface area contributed by atoms with Gasteiger partial charge in [0, 0.05) is 38.4 Å². The van der Waals surface area contributed by atoms with Gasteiger partial charge in [0.05, 0.1) is 21.8 Å². The number of amides is 1. The molecule has 0 saturated carbocycles. The smallest absolute Gasteiger partial charge is 0.335 e. The van der Waals surface area contributed by atoms with E-state index in [4.69, 9.17) is 11.6 Å². The number of piperidine rings is 1. The third-order valence-corrected chi connectivity index (χ3v) is 5.84. The molecule has 1 aliphatic rings. The van der Waals surface area contributed by atoms with Crippen molar-refractivity contribution >= 4 is 35.0 Å². The average molecular weight is 431 g/mol. The molecular weight excluding hydrogens is 404 g/mol. The van der Waals surface area contributed by atoms with Crippen molar-refractivity contribution in [1.29, 1.82) is 0 Å². The van der Waals surface area contributed by atoms with Crippen LogP contribution in [0.1, 0.15) is 47.4 Å². The molecule has 2 N–H and O–H groups in total. The van der Waals surface area contributed by atoms with Gasteiger partial charge >= 0.3 is 5.97 Å². The van der Waals surface area contributed by atoms with Crippen LogP contribution in [0, 0.1) is 0 Å². The summed E-state index contributed by atoms with van der Waals surface area (Å²) < 4.78 is 0. The number of carboxylic acids is 1. The zero-order valence-corrected chi connectivity index (χ0v) is 18.2. The topological polar surface area (TPSA) is 85.8 Å². The van der Waals surface area contributed by atoms with Crippen LogP contribution in [0.25, 0.3) is 0 Å². The van der Waals surface area contributed by atoms with Crippen molar-refractivity contribution in [3.8, 4) is 0 Å². The minimum atomic E-state index is -1.02. The van der Waals surface area contributed by atoms with Crippen LogP contribution in [0.5, 0.6) is 0 Å². The molecule has 7 nitrogen and oxygen atoms in total. The minimum absolute atomic E-state index is 0.151. The van der Waals surface area contributed by atoms with E-state index >= 15 is 0 Å². The summed E-state index contributed by atoms with van der Waals surface area (Å²) in [7, 11) is 1.92. The van der Waals surface area contributed by atoms with Crippen LogP contribution in [0.2, 0.25) is 5.02 Å².